The second kappa shape index (κ2) is 5.09. The lowest BCUT2D eigenvalue weighted by Gasteiger charge is -2.27. The molecular weight excluding hydrogens is 276 g/mol. The third-order valence-corrected chi connectivity index (χ3v) is 4.37. The summed E-state index contributed by atoms with van der Waals surface area (Å²) >= 11 is 0. The average molecular weight is 294 g/mol. The lowest BCUT2D eigenvalue weighted by Crippen LogP contribution is -2.18. The molecule has 4 rings (SSSR count). The molecule has 0 fully saturated rings. The van der Waals surface area contributed by atoms with Crippen LogP contribution >= 0.6 is 0 Å². The molecule has 22 heavy (non-hydrogen) atoms. The number of nitrogens with zero attached hydrogens (tertiary/aromatic N) is 3. The van der Waals surface area contributed by atoms with E-state index in [1.165, 1.54) is 29.4 Å². The highest BCUT2D eigenvalue weighted by Gasteiger charge is 2.22. The molecule has 2 aromatic heterocycles. The molecule has 0 aliphatic heterocycles. The third kappa shape index (κ3) is 2.13. The van der Waals surface area contributed by atoms with Crippen molar-refractivity contribution in [2.75, 3.05) is 5.32 Å². The van der Waals surface area contributed by atoms with Crippen molar-refractivity contribution in [3.05, 3.63) is 46.9 Å². The lowest BCUT2D eigenvalue weighted by molar-refractivity contribution is 0.442. The summed E-state index contributed by atoms with van der Waals surface area (Å²) in [5.74, 6) is 0.808. The van der Waals surface area contributed by atoms with E-state index in [4.69, 9.17) is 4.52 Å². The van der Waals surface area contributed by atoms with Crippen LogP contribution in [-0.2, 0) is 6.42 Å². The van der Waals surface area contributed by atoms with Crippen molar-refractivity contribution in [2.24, 2.45) is 0 Å². The van der Waals surface area contributed by atoms with Gasteiger partial charge in [-0.1, -0.05) is 28.9 Å². The molecule has 0 amide bonds. The number of hydrogen-bond acceptors (Lipinski definition) is 5. The Morgan fingerprint density at radius 1 is 1.23 bits per heavy atom. The molecular formula is C17H18N4O. The van der Waals surface area contributed by atoms with E-state index in [0.29, 0.717) is 5.71 Å². The minimum absolute atomic E-state index is 0.274. The zero-order valence-electron chi connectivity index (χ0n) is 12.8. The van der Waals surface area contributed by atoms with Gasteiger partial charge in [-0.15, -0.1) is 0 Å². The Bertz CT molecular complexity index is 840. The molecule has 1 aliphatic rings. The summed E-state index contributed by atoms with van der Waals surface area (Å²) in [6, 6.07) is 6.99. The van der Waals surface area contributed by atoms with Gasteiger partial charge in [0.2, 0.25) is 0 Å². The largest absolute Gasteiger partial charge is 0.362 e. The van der Waals surface area contributed by atoms with Crippen molar-refractivity contribution in [3.63, 3.8) is 0 Å². The summed E-state index contributed by atoms with van der Waals surface area (Å²) in [5.41, 5.74) is 5.46. The van der Waals surface area contributed by atoms with Crippen LogP contribution in [0.3, 0.4) is 0 Å². The Hall–Kier alpha value is -2.43. The number of benzene rings is 1. The highest BCUT2D eigenvalue weighted by molar-refractivity contribution is 5.87. The van der Waals surface area contributed by atoms with E-state index in [2.05, 4.69) is 45.6 Å². The fourth-order valence-electron chi connectivity index (χ4n) is 3.27. The summed E-state index contributed by atoms with van der Waals surface area (Å²) < 4.78 is 5.23. The Balaban J connectivity index is 1.75. The lowest BCUT2D eigenvalue weighted by atomic mass is 9.86. The zero-order chi connectivity index (χ0) is 15.1. The number of anilines is 1. The molecule has 1 N–H and O–H groups in total. The van der Waals surface area contributed by atoms with Crippen molar-refractivity contribution in [2.45, 2.75) is 39.2 Å². The first-order chi connectivity index (χ1) is 10.7. The Morgan fingerprint density at radius 2 is 2.14 bits per heavy atom. The molecule has 0 spiro atoms. The molecule has 1 atom stereocenters. The Morgan fingerprint density at radius 3 is 3.05 bits per heavy atom. The van der Waals surface area contributed by atoms with Crippen LogP contribution in [0.25, 0.3) is 11.1 Å². The molecule has 0 radical (unpaired) electrons. The van der Waals surface area contributed by atoms with Crippen molar-refractivity contribution in [1.29, 1.82) is 0 Å². The number of rotatable bonds is 2. The topological polar surface area (TPSA) is 63.8 Å². The van der Waals surface area contributed by atoms with Gasteiger partial charge in [0.05, 0.1) is 11.7 Å². The first-order valence-electron chi connectivity index (χ1n) is 7.65. The van der Waals surface area contributed by atoms with Gasteiger partial charge in [-0.2, -0.15) is 4.98 Å². The van der Waals surface area contributed by atoms with E-state index < -0.39 is 0 Å². The van der Waals surface area contributed by atoms with Crippen molar-refractivity contribution >= 4 is 16.9 Å². The zero-order valence-corrected chi connectivity index (χ0v) is 12.8. The van der Waals surface area contributed by atoms with Gasteiger partial charge in [-0.25, -0.2) is 4.98 Å². The Labute approximate surface area is 128 Å². The van der Waals surface area contributed by atoms with E-state index in [-0.39, 0.29) is 6.04 Å². The van der Waals surface area contributed by atoms with E-state index >= 15 is 0 Å². The van der Waals surface area contributed by atoms with Crippen LogP contribution in [0, 0.1) is 13.8 Å². The van der Waals surface area contributed by atoms with Gasteiger partial charge in [0.1, 0.15) is 17.5 Å². The van der Waals surface area contributed by atoms with Crippen LogP contribution < -0.4 is 5.32 Å². The van der Waals surface area contributed by atoms with Gasteiger partial charge < -0.3 is 9.84 Å². The van der Waals surface area contributed by atoms with Crippen LogP contribution in [0.5, 0.6) is 0 Å². The molecule has 5 heteroatoms. The van der Waals surface area contributed by atoms with Crippen LogP contribution in [0.15, 0.2) is 29.0 Å². The molecule has 0 saturated heterocycles. The quantitative estimate of drug-likeness (QED) is 0.780. The van der Waals surface area contributed by atoms with Crippen molar-refractivity contribution in [1.82, 2.24) is 15.1 Å². The smallest absolute Gasteiger partial charge is 0.263 e. The van der Waals surface area contributed by atoms with Gasteiger partial charge in [-0.05, 0) is 44.2 Å². The molecule has 0 bridgehead atoms. The summed E-state index contributed by atoms with van der Waals surface area (Å²) in [6.07, 6.45) is 4.96. The van der Waals surface area contributed by atoms with Gasteiger partial charge in [-0.3, -0.25) is 0 Å². The highest BCUT2D eigenvalue weighted by atomic mass is 16.5. The molecule has 1 aliphatic carbocycles. The minimum atomic E-state index is 0.274. The number of fused-ring (bicyclic) bond motifs is 2. The van der Waals surface area contributed by atoms with Gasteiger partial charge in [0.25, 0.3) is 5.71 Å². The highest BCUT2D eigenvalue weighted by Crippen LogP contribution is 2.34. The first-order valence-corrected chi connectivity index (χ1v) is 7.65. The number of aryl methyl sites for hydroxylation is 3. The normalized spacial score (nSPS) is 17.5. The molecule has 112 valence electrons. The monoisotopic (exact) mass is 294 g/mol. The standard InChI is InChI=1S/C17H18N4O/c1-10-6-7-12-4-3-5-14(13(12)8-10)20-16-15-11(2)21-22-17(15)19-9-18-16/h6-9,14H,3-5H2,1-2H3,(H,18,19,20). The summed E-state index contributed by atoms with van der Waals surface area (Å²) in [5, 5.41) is 8.45. The van der Waals surface area contributed by atoms with Crippen molar-refractivity contribution in [3.8, 4) is 0 Å². The SMILES string of the molecule is Cc1ccc2c(c1)C(Nc1ncnc3onc(C)c13)CCC2. The second-order valence-corrected chi connectivity index (χ2v) is 5.96. The maximum absolute atomic E-state index is 5.23. The van der Waals surface area contributed by atoms with E-state index in [1.807, 2.05) is 6.92 Å². The summed E-state index contributed by atoms with van der Waals surface area (Å²) in [7, 11) is 0. The van der Waals surface area contributed by atoms with Crippen LogP contribution in [0.2, 0.25) is 0 Å². The second-order valence-electron chi connectivity index (χ2n) is 5.96. The summed E-state index contributed by atoms with van der Waals surface area (Å²) in [4.78, 5) is 8.54. The van der Waals surface area contributed by atoms with Crippen LogP contribution in [0.1, 0.15) is 41.3 Å². The van der Waals surface area contributed by atoms with Crippen LogP contribution in [0.4, 0.5) is 5.82 Å². The van der Waals surface area contributed by atoms with E-state index in [9.17, 15) is 0 Å². The Kier molecular flexibility index (Phi) is 3.06. The van der Waals surface area contributed by atoms with Crippen molar-refractivity contribution < 1.29 is 4.52 Å². The van der Waals surface area contributed by atoms with E-state index in [1.54, 1.807) is 0 Å². The van der Waals surface area contributed by atoms with Gasteiger partial charge >= 0.3 is 0 Å². The first kappa shape index (κ1) is 13.2. The van der Waals surface area contributed by atoms with E-state index in [0.717, 1.165) is 29.7 Å². The predicted octanol–water partition coefficient (Wildman–Crippen LogP) is 3.72. The molecule has 3 aromatic rings. The molecule has 1 unspecified atom stereocenters. The fourth-order valence-corrected chi connectivity index (χ4v) is 3.27. The molecule has 2 heterocycles. The third-order valence-electron chi connectivity index (χ3n) is 4.37. The van der Waals surface area contributed by atoms with Crippen LogP contribution in [-0.4, -0.2) is 15.1 Å². The minimum Gasteiger partial charge on any atom is -0.362 e. The maximum Gasteiger partial charge on any atom is 0.263 e. The maximum atomic E-state index is 5.23. The number of hydrogen-bond donors (Lipinski definition) is 1. The van der Waals surface area contributed by atoms with Gasteiger partial charge in [0.15, 0.2) is 0 Å². The fraction of sp³-hybridized carbons (Fsp3) is 0.353. The molecule has 5 nitrogen and oxygen atoms in total. The average Bonchev–Trinajstić information content (AvgIpc) is 2.90. The summed E-state index contributed by atoms with van der Waals surface area (Å²) in [6.45, 7) is 4.05. The number of nitrogens with one attached hydrogen (secondary N) is 1. The predicted molar refractivity (Wildman–Crippen MR) is 84.8 cm³/mol. The molecule has 1 aromatic carbocycles. The molecule has 0 saturated carbocycles. The van der Waals surface area contributed by atoms with Gasteiger partial charge in [0, 0.05) is 0 Å². The number of aromatic nitrogens is 3.